The predicted octanol–water partition coefficient (Wildman–Crippen LogP) is 5.05. The second kappa shape index (κ2) is 9.28. The summed E-state index contributed by atoms with van der Waals surface area (Å²) in [6.45, 7) is 1.79. The van der Waals surface area contributed by atoms with Crippen LogP contribution in [0.1, 0.15) is 30.4 Å². The highest BCUT2D eigenvalue weighted by molar-refractivity contribution is 14.1. The molecule has 0 saturated carbocycles. The minimum absolute atomic E-state index is 0.0119. The van der Waals surface area contributed by atoms with Gasteiger partial charge in [0.15, 0.2) is 0 Å². The van der Waals surface area contributed by atoms with Crippen molar-refractivity contribution in [3.63, 3.8) is 0 Å². The third kappa shape index (κ3) is 5.38. The van der Waals surface area contributed by atoms with Crippen molar-refractivity contribution in [2.24, 2.45) is 0 Å². The van der Waals surface area contributed by atoms with Crippen LogP contribution in [-0.2, 0) is 13.1 Å². The van der Waals surface area contributed by atoms with Crippen molar-refractivity contribution in [2.75, 3.05) is 6.54 Å². The fourth-order valence-electron chi connectivity index (χ4n) is 3.49. The normalized spacial score (nSPS) is 17.2. The van der Waals surface area contributed by atoms with Crippen LogP contribution in [0.2, 0.25) is 0 Å². The van der Waals surface area contributed by atoms with Crippen LogP contribution in [0.3, 0.4) is 0 Å². The number of nitro groups is 1. The summed E-state index contributed by atoms with van der Waals surface area (Å²) >= 11 is 2.40. The molecule has 0 fully saturated rings. The fourth-order valence-corrected chi connectivity index (χ4v) is 4.05. The van der Waals surface area contributed by atoms with E-state index in [4.69, 9.17) is 0 Å². The molecule has 0 spiro atoms. The highest BCUT2D eigenvalue weighted by atomic mass is 127. The molecule has 0 aromatic heterocycles. The van der Waals surface area contributed by atoms with Crippen molar-refractivity contribution in [1.29, 1.82) is 0 Å². The van der Waals surface area contributed by atoms with Gasteiger partial charge in [-0.3, -0.25) is 15.0 Å². The van der Waals surface area contributed by atoms with Gasteiger partial charge in [0, 0.05) is 27.6 Å². The Bertz CT molecular complexity index is 777. The molecule has 1 unspecified atom stereocenters. The molecule has 0 radical (unpaired) electrons. The molecule has 0 aliphatic heterocycles. The molecule has 4 nitrogen and oxygen atoms in total. The van der Waals surface area contributed by atoms with Crippen LogP contribution in [-0.4, -0.2) is 22.4 Å². The molecular weight excluding hydrogens is 439 g/mol. The largest absolute Gasteiger partial charge is 0.292 e. The van der Waals surface area contributed by atoms with Crippen molar-refractivity contribution in [3.8, 4) is 0 Å². The van der Waals surface area contributed by atoms with Crippen LogP contribution >= 0.6 is 22.6 Å². The van der Waals surface area contributed by atoms with E-state index in [0.717, 1.165) is 37.9 Å². The molecule has 1 aliphatic rings. The first-order valence-electron chi connectivity index (χ1n) is 8.93. The Hall–Kier alpha value is -1.73. The van der Waals surface area contributed by atoms with E-state index in [2.05, 4.69) is 82.1 Å². The van der Waals surface area contributed by atoms with Gasteiger partial charge in [-0.2, -0.15) is 0 Å². The summed E-state index contributed by atoms with van der Waals surface area (Å²) in [5.74, 6) is 0. The van der Waals surface area contributed by atoms with E-state index in [1.807, 2.05) is 6.07 Å². The maximum atomic E-state index is 10.8. The van der Waals surface area contributed by atoms with E-state index in [-0.39, 0.29) is 11.5 Å². The Labute approximate surface area is 168 Å². The van der Waals surface area contributed by atoms with Crippen molar-refractivity contribution in [2.45, 2.75) is 38.4 Å². The van der Waals surface area contributed by atoms with E-state index in [0.29, 0.717) is 6.04 Å². The fraction of sp³-hybridized carbons (Fsp3) is 0.333. The first-order chi connectivity index (χ1) is 12.6. The van der Waals surface area contributed by atoms with E-state index >= 15 is 0 Å². The van der Waals surface area contributed by atoms with Crippen molar-refractivity contribution < 1.29 is 4.92 Å². The lowest BCUT2D eigenvalue weighted by atomic mass is 9.93. The third-order valence-corrected chi connectivity index (χ3v) is 5.94. The SMILES string of the molecule is O=[N+]([O-])CC1=CCC(N(Cc2ccccc2)Cc2ccccc2I)CC1. The summed E-state index contributed by atoms with van der Waals surface area (Å²) in [7, 11) is 0. The van der Waals surface area contributed by atoms with Crippen molar-refractivity contribution in [1.82, 2.24) is 4.90 Å². The van der Waals surface area contributed by atoms with Crippen molar-refractivity contribution in [3.05, 3.63) is 91.1 Å². The first kappa shape index (κ1) is 19.0. The smallest absolute Gasteiger partial charge is 0.224 e. The molecule has 0 amide bonds. The number of hydrogen-bond acceptors (Lipinski definition) is 3. The van der Waals surface area contributed by atoms with Gasteiger partial charge in [0.2, 0.25) is 6.54 Å². The molecular formula is C21H23IN2O2. The average molecular weight is 462 g/mol. The number of halogens is 1. The van der Waals surface area contributed by atoms with Gasteiger partial charge in [-0.15, -0.1) is 0 Å². The lowest BCUT2D eigenvalue weighted by Gasteiger charge is -2.34. The Balaban J connectivity index is 1.76. The van der Waals surface area contributed by atoms with Crippen LogP contribution in [0, 0.1) is 13.7 Å². The van der Waals surface area contributed by atoms with Gasteiger partial charge in [-0.25, -0.2) is 0 Å². The summed E-state index contributed by atoms with van der Waals surface area (Å²) in [6.07, 6.45) is 4.78. The molecule has 0 N–H and O–H groups in total. The number of rotatable bonds is 7. The Morgan fingerprint density at radius 1 is 1.08 bits per heavy atom. The predicted molar refractivity (Wildman–Crippen MR) is 112 cm³/mol. The van der Waals surface area contributed by atoms with Gasteiger partial charge in [0.25, 0.3) is 0 Å². The van der Waals surface area contributed by atoms with Crippen LogP contribution in [0.5, 0.6) is 0 Å². The molecule has 26 heavy (non-hydrogen) atoms. The zero-order valence-corrected chi connectivity index (χ0v) is 16.8. The minimum atomic E-state index is -0.222. The van der Waals surface area contributed by atoms with Crippen molar-refractivity contribution >= 4 is 22.6 Å². The minimum Gasteiger partial charge on any atom is -0.292 e. The molecule has 136 valence electrons. The molecule has 0 heterocycles. The van der Waals surface area contributed by atoms with E-state index in [1.165, 1.54) is 14.7 Å². The molecule has 3 rings (SSSR count). The Morgan fingerprint density at radius 3 is 2.46 bits per heavy atom. The molecule has 2 aromatic carbocycles. The molecule has 2 aromatic rings. The lowest BCUT2D eigenvalue weighted by Crippen LogP contribution is -2.36. The lowest BCUT2D eigenvalue weighted by molar-refractivity contribution is -0.471. The molecule has 5 heteroatoms. The summed E-state index contributed by atoms with van der Waals surface area (Å²) < 4.78 is 1.28. The number of benzene rings is 2. The zero-order chi connectivity index (χ0) is 18.4. The topological polar surface area (TPSA) is 46.4 Å². The maximum absolute atomic E-state index is 10.8. The molecule has 0 bridgehead atoms. The van der Waals surface area contributed by atoms with Gasteiger partial charge in [-0.05, 0) is 64.6 Å². The summed E-state index contributed by atoms with van der Waals surface area (Å²) in [4.78, 5) is 13.1. The Morgan fingerprint density at radius 2 is 1.81 bits per heavy atom. The molecule has 0 saturated heterocycles. The summed E-state index contributed by atoms with van der Waals surface area (Å²) in [5, 5.41) is 10.8. The van der Waals surface area contributed by atoms with Gasteiger partial charge >= 0.3 is 0 Å². The second-order valence-corrected chi connectivity index (χ2v) is 7.93. The standard InChI is InChI=1S/C21H23IN2O2/c22-21-9-5-4-8-19(21)16-23(14-17-6-2-1-3-7-17)20-12-10-18(11-13-20)15-24(25)26/h1-10,20H,11-16H2. The van der Waals surface area contributed by atoms with E-state index in [1.54, 1.807) is 0 Å². The van der Waals surface area contributed by atoms with Gasteiger partial charge in [0.1, 0.15) is 0 Å². The van der Waals surface area contributed by atoms with Gasteiger partial charge < -0.3 is 0 Å². The quantitative estimate of drug-likeness (QED) is 0.251. The van der Waals surface area contributed by atoms with Gasteiger partial charge in [-0.1, -0.05) is 54.6 Å². The van der Waals surface area contributed by atoms with Crippen LogP contribution < -0.4 is 0 Å². The highest BCUT2D eigenvalue weighted by Crippen LogP contribution is 2.26. The van der Waals surface area contributed by atoms with Crippen LogP contribution in [0.15, 0.2) is 66.2 Å². The second-order valence-electron chi connectivity index (χ2n) is 6.76. The summed E-state index contributed by atoms with van der Waals surface area (Å²) in [6, 6.07) is 19.4. The monoisotopic (exact) mass is 462 g/mol. The number of nitrogens with zero attached hydrogens (tertiary/aromatic N) is 2. The van der Waals surface area contributed by atoms with E-state index in [9.17, 15) is 10.1 Å². The summed E-state index contributed by atoms with van der Waals surface area (Å²) in [5.41, 5.74) is 3.61. The molecule has 1 atom stereocenters. The third-order valence-electron chi connectivity index (χ3n) is 4.89. The van der Waals surface area contributed by atoms with E-state index < -0.39 is 0 Å². The number of hydrogen-bond donors (Lipinski definition) is 0. The van der Waals surface area contributed by atoms with Crippen LogP contribution in [0.4, 0.5) is 0 Å². The highest BCUT2D eigenvalue weighted by Gasteiger charge is 2.23. The maximum Gasteiger partial charge on any atom is 0.224 e. The van der Waals surface area contributed by atoms with Gasteiger partial charge in [0.05, 0.1) is 0 Å². The zero-order valence-electron chi connectivity index (χ0n) is 14.7. The van der Waals surface area contributed by atoms with Crippen LogP contribution in [0.25, 0.3) is 0 Å². The Kier molecular flexibility index (Phi) is 6.80. The average Bonchev–Trinajstić information content (AvgIpc) is 2.64. The first-order valence-corrected chi connectivity index (χ1v) is 10.0. The molecule has 1 aliphatic carbocycles.